The van der Waals surface area contributed by atoms with Crippen molar-refractivity contribution in [3.8, 4) is 0 Å². The molecule has 0 aromatic heterocycles. The van der Waals surface area contributed by atoms with E-state index in [1.54, 1.807) is 6.08 Å². The zero-order valence-electron chi connectivity index (χ0n) is 10.5. The molecular weight excluding hydrogens is 278 g/mol. The Bertz CT molecular complexity index is 426. The van der Waals surface area contributed by atoms with Crippen LogP contribution in [0.5, 0.6) is 0 Å². The Labute approximate surface area is 111 Å². The third-order valence-electron chi connectivity index (χ3n) is 2.57. The topological polar surface area (TPSA) is 29.1 Å². The van der Waals surface area contributed by atoms with E-state index in [9.17, 15) is 4.79 Å². The summed E-state index contributed by atoms with van der Waals surface area (Å²) < 4.78 is 1.00. The van der Waals surface area contributed by atoms with E-state index in [1.807, 2.05) is 45.0 Å². The molecule has 0 heterocycles. The monoisotopic (exact) mass is 295 g/mol. The minimum atomic E-state index is -0.0492. The average molecular weight is 296 g/mol. The number of hydrogen-bond acceptors (Lipinski definition) is 1. The normalized spacial score (nSPS) is 12.7. The predicted molar refractivity (Wildman–Crippen MR) is 75.8 cm³/mol. The van der Waals surface area contributed by atoms with Gasteiger partial charge >= 0.3 is 0 Å². The SMILES string of the molecule is CCC(C)NC(=O)C=Cc1ccc(C)cc1Br. The van der Waals surface area contributed by atoms with Gasteiger partial charge in [-0.3, -0.25) is 4.79 Å². The van der Waals surface area contributed by atoms with Crippen LogP contribution < -0.4 is 5.32 Å². The molecule has 0 saturated carbocycles. The minimum Gasteiger partial charge on any atom is -0.350 e. The molecule has 0 fully saturated rings. The first-order valence-electron chi connectivity index (χ1n) is 5.77. The zero-order chi connectivity index (χ0) is 12.8. The molecule has 1 aromatic rings. The largest absolute Gasteiger partial charge is 0.350 e. The first-order chi connectivity index (χ1) is 8.02. The molecule has 0 saturated heterocycles. The highest BCUT2D eigenvalue weighted by atomic mass is 79.9. The fraction of sp³-hybridized carbons (Fsp3) is 0.357. The lowest BCUT2D eigenvalue weighted by molar-refractivity contribution is -0.117. The van der Waals surface area contributed by atoms with Gasteiger partial charge in [0.2, 0.25) is 5.91 Å². The third-order valence-corrected chi connectivity index (χ3v) is 3.26. The van der Waals surface area contributed by atoms with Gasteiger partial charge in [0.1, 0.15) is 0 Å². The van der Waals surface area contributed by atoms with Gasteiger partial charge in [-0.2, -0.15) is 0 Å². The van der Waals surface area contributed by atoms with E-state index in [0.29, 0.717) is 0 Å². The van der Waals surface area contributed by atoms with Crippen molar-refractivity contribution in [1.29, 1.82) is 0 Å². The standard InChI is InChI=1S/C14H18BrNO/c1-4-11(3)16-14(17)8-7-12-6-5-10(2)9-13(12)15/h5-9,11H,4H2,1-3H3,(H,16,17). The van der Waals surface area contributed by atoms with Crippen molar-refractivity contribution < 1.29 is 4.79 Å². The summed E-state index contributed by atoms with van der Waals surface area (Å²) in [7, 11) is 0. The Kier molecular flexibility index (Phi) is 5.42. The van der Waals surface area contributed by atoms with Crippen LogP contribution in [0, 0.1) is 6.92 Å². The van der Waals surface area contributed by atoms with E-state index in [4.69, 9.17) is 0 Å². The van der Waals surface area contributed by atoms with E-state index in [2.05, 4.69) is 21.2 Å². The number of benzene rings is 1. The van der Waals surface area contributed by atoms with E-state index in [1.165, 1.54) is 5.56 Å². The van der Waals surface area contributed by atoms with Gasteiger partial charge < -0.3 is 5.32 Å². The number of carbonyl (C=O) groups excluding carboxylic acids is 1. The first kappa shape index (κ1) is 14.0. The van der Waals surface area contributed by atoms with Crippen molar-refractivity contribution >= 4 is 27.9 Å². The molecule has 17 heavy (non-hydrogen) atoms. The highest BCUT2D eigenvalue weighted by molar-refractivity contribution is 9.10. The number of nitrogens with one attached hydrogen (secondary N) is 1. The number of carbonyl (C=O) groups is 1. The minimum absolute atomic E-state index is 0.0492. The molecule has 92 valence electrons. The Hall–Kier alpha value is -1.09. The molecule has 0 bridgehead atoms. The molecule has 0 aliphatic carbocycles. The van der Waals surface area contributed by atoms with Crippen LogP contribution in [0.1, 0.15) is 31.4 Å². The maximum absolute atomic E-state index is 11.6. The summed E-state index contributed by atoms with van der Waals surface area (Å²) in [4.78, 5) is 11.6. The van der Waals surface area contributed by atoms with Crippen LogP contribution in [0.15, 0.2) is 28.7 Å². The second kappa shape index (κ2) is 6.60. The summed E-state index contributed by atoms with van der Waals surface area (Å²) in [5.74, 6) is -0.0492. The third kappa shape index (κ3) is 4.73. The van der Waals surface area contributed by atoms with E-state index in [-0.39, 0.29) is 11.9 Å². The highest BCUT2D eigenvalue weighted by Crippen LogP contribution is 2.19. The van der Waals surface area contributed by atoms with Crippen molar-refractivity contribution in [3.05, 3.63) is 39.9 Å². The lowest BCUT2D eigenvalue weighted by Gasteiger charge is -2.08. The van der Waals surface area contributed by atoms with Crippen LogP contribution in [-0.4, -0.2) is 11.9 Å². The van der Waals surface area contributed by atoms with Crippen LogP contribution in [0.2, 0.25) is 0 Å². The van der Waals surface area contributed by atoms with Gasteiger partial charge in [0.25, 0.3) is 0 Å². The van der Waals surface area contributed by atoms with Crippen LogP contribution in [0.25, 0.3) is 6.08 Å². The van der Waals surface area contributed by atoms with Gasteiger partial charge in [-0.15, -0.1) is 0 Å². The number of hydrogen-bond donors (Lipinski definition) is 1. The summed E-state index contributed by atoms with van der Waals surface area (Å²) in [6.45, 7) is 6.08. The second-order valence-electron chi connectivity index (χ2n) is 4.18. The van der Waals surface area contributed by atoms with Gasteiger partial charge in [0, 0.05) is 16.6 Å². The quantitative estimate of drug-likeness (QED) is 0.844. The number of rotatable bonds is 4. The van der Waals surface area contributed by atoms with Gasteiger partial charge in [-0.05, 0) is 43.5 Å². The lowest BCUT2D eigenvalue weighted by Crippen LogP contribution is -2.30. The molecule has 0 radical (unpaired) electrons. The summed E-state index contributed by atoms with van der Waals surface area (Å²) >= 11 is 3.48. The van der Waals surface area contributed by atoms with E-state index >= 15 is 0 Å². The van der Waals surface area contributed by atoms with Gasteiger partial charge in [-0.25, -0.2) is 0 Å². The summed E-state index contributed by atoms with van der Waals surface area (Å²) in [6.07, 6.45) is 4.33. The zero-order valence-corrected chi connectivity index (χ0v) is 12.0. The fourth-order valence-electron chi connectivity index (χ4n) is 1.33. The first-order valence-corrected chi connectivity index (χ1v) is 6.57. The van der Waals surface area contributed by atoms with Crippen molar-refractivity contribution in [3.63, 3.8) is 0 Å². The van der Waals surface area contributed by atoms with Crippen LogP contribution in [0.3, 0.4) is 0 Å². The molecular formula is C14H18BrNO. The van der Waals surface area contributed by atoms with E-state index < -0.39 is 0 Å². The maximum Gasteiger partial charge on any atom is 0.244 e. The Morgan fingerprint density at radius 3 is 2.82 bits per heavy atom. The van der Waals surface area contributed by atoms with Crippen molar-refractivity contribution in [2.24, 2.45) is 0 Å². The molecule has 0 aliphatic rings. The van der Waals surface area contributed by atoms with Gasteiger partial charge in [0.05, 0.1) is 0 Å². The summed E-state index contributed by atoms with van der Waals surface area (Å²) in [5, 5.41) is 2.89. The number of amides is 1. The maximum atomic E-state index is 11.6. The van der Waals surface area contributed by atoms with E-state index in [0.717, 1.165) is 16.5 Å². The molecule has 1 amide bonds. The summed E-state index contributed by atoms with van der Waals surface area (Å²) in [5.41, 5.74) is 2.20. The molecule has 2 nitrogen and oxygen atoms in total. The smallest absolute Gasteiger partial charge is 0.244 e. The average Bonchev–Trinajstić information content (AvgIpc) is 2.27. The summed E-state index contributed by atoms with van der Waals surface area (Å²) in [6, 6.07) is 6.27. The van der Waals surface area contributed by atoms with Crippen LogP contribution >= 0.6 is 15.9 Å². The molecule has 0 aliphatic heterocycles. The fourth-order valence-corrected chi connectivity index (χ4v) is 1.95. The molecule has 1 rings (SSSR count). The highest BCUT2D eigenvalue weighted by Gasteiger charge is 2.02. The Morgan fingerprint density at radius 2 is 2.24 bits per heavy atom. The molecule has 3 heteroatoms. The Balaban J connectivity index is 2.67. The number of aryl methyl sites for hydroxylation is 1. The van der Waals surface area contributed by atoms with Crippen molar-refractivity contribution in [2.75, 3.05) is 0 Å². The predicted octanol–water partition coefficient (Wildman–Crippen LogP) is 3.69. The lowest BCUT2D eigenvalue weighted by atomic mass is 10.1. The molecule has 1 aromatic carbocycles. The van der Waals surface area contributed by atoms with Crippen molar-refractivity contribution in [1.82, 2.24) is 5.32 Å². The Morgan fingerprint density at radius 1 is 1.53 bits per heavy atom. The van der Waals surface area contributed by atoms with Crippen LogP contribution in [0.4, 0.5) is 0 Å². The molecule has 1 N–H and O–H groups in total. The molecule has 0 spiro atoms. The van der Waals surface area contributed by atoms with Crippen molar-refractivity contribution in [2.45, 2.75) is 33.2 Å². The van der Waals surface area contributed by atoms with Gasteiger partial charge in [0.15, 0.2) is 0 Å². The van der Waals surface area contributed by atoms with Crippen LogP contribution in [-0.2, 0) is 4.79 Å². The number of halogens is 1. The molecule has 1 unspecified atom stereocenters. The second-order valence-corrected chi connectivity index (χ2v) is 5.03. The van der Waals surface area contributed by atoms with Gasteiger partial charge in [-0.1, -0.05) is 35.0 Å². The molecule has 1 atom stereocenters.